The quantitative estimate of drug-likeness (QED) is 0.897. The number of hydrogen-bond acceptors (Lipinski definition) is 3. The van der Waals surface area contributed by atoms with Gasteiger partial charge in [-0.1, -0.05) is 6.07 Å². The molecule has 3 fully saturated rings. The van der Waals surface area contributed by atoms with Crippen LogP contribution in [0.4, 0.5) is 0 Å². The third-order valence-electron chi connectivity index (χ3n) is 5.30. The predicted molar refractivity (Wildman–Crippen MR) is 70.2 cm³/mol. The van der Waals surface area contributed by atoms with Crippen molar-refractivity contribution in [1.29, 1.82) is 0 Å². The van der Waals surface area contributed by atoms with Crippen molar-refractivity contribution in [3.05, 3.63) is 23.3 Å². The highest BCUT2D eigenvalue weighted by Crippen LogP contribution is 2.72. The molecule has 3 nitrogen and oxygen atoms in total. The van der Waals surface area contributed by atoms with Gasteiger partial charge in [0.2, 0.25) is 0 Å². The minimum Gasteiger partial charge on any atom is -0.262 e. The highest BCUT2D eigenvalue weighted by molar-refractivity contribution is 7.13. The van der Waals surface area contributed by atoms with E-state index in [0.29, 0.717) is 5.92 Å². The SMILES string of the molecule is c1csc(-c2n[nH]c(C3C4C5CCC(C5)C34)n2)c1. The summed E-state index contributed by atoms with van der Waals surface area (Å²) in [5, 5.41) is 9.67. The molecule has 0 aliphatic heterocycles. The normalized spacial score (nSPS) is 40.1. The number of aromatic nitrogens is 3. The first kappa shape index (κ1) is 9.73. The fourth-order valence-corrected chi connectivity index (χ4v) is 5.29. The maximum atomic E-state index is 4.74. The molecule has 0 spiro atoms. The molecule has 4 unspecified atom stereocenters. The van der Waals surface area contributed by atoms with Crippen LogP contribution in [-0.4, -0.2) is 15.2 Å². The fourth-order valence-electron chi connectivity index (χ4n) is 4.63. The summed E-state index contributed by atoms with van der Waals surface area (Å²) in [4.78, 5) is 5.91. The Hall–Kier alpha value is -1.16. The van der Waals surface area contributed by atoms with Crippen molar-refractivity contribution in [2.45, 2.75) is 25.2 Å². The average Bonchev–Trinajstić information content (AvgIpc) is 2.97. The molecule has 3 aliphatic carbocycles. The number of thiophene rings is 1. The first-order valence-corrected chi connectivity index (χ1v) is 7.76. The van der Waals surface area contributed by atoms with Crippen LogP contribution in [0.3, 0.4) is 0 Å². The van der Waals surface area contributed by atoms with Crippen molar-refractivity contribution in [3.8, 4) is 10.7 Å². The Labute approximate surface area is 110 Å². The van der Waals surface area contributed by atoms with E-state index >= 15 is 0 Å². The van der Waals surface area contributed by atoms with Gasteiger partial charge in [-0.15, -0.1) is 11.3 Å². The minimum absolute atomic E-state index is 0.706. The van der Waals surface area contributed by atoms with Crippen LogP contribution in [0, 0.1) is 23.7 Å². The first-order chi connectivity index (χ1) is 8.92. The summed E-state index contributed by atoms with van der Waals surface area (Å²) in [6, 6.07) is 4.15. The molecule has 1 N–H and O–H groups in total. The van der Waals surface area contributed by atoms with Crippen molar-refractivity contribution < 1.29 is 0 Å². The Kier molecular flexibility index (Phi) is 1.75. The first-order valence-electron chi connectivity index (χ1n) is 6.88. The largest absolute Gasteiger partial charge is 0.262 e. The molecule has 0 saturated heterocycles. The summed E-state index contributed by atoms with van der Waals surface area (Å²) in [7, 11) is 0. The van der Waals surface area contributed by atoms with Gasteiger partial charge in [0.25, 0.3) is 0 Å². The molecule has 4 atom stereocenters. The number of hydrogen-bond donors (Lipinski definition) is 1. The minimum atomic E-state index is 0.706. The summed E-state index contributed by atoms with van der Waals surface area (Å²) in [5.74, 6) is 6.63. The molecule has 5 rings (SSSR count). The Bertz CT molecular complexity index is 572. The monoisotopic (exact) mass is 257 g/mol. The Balaban J connectivity index is 1.46. The molecular weight excluding hydrogens is 242 g/mol. The summed E-state index contributed by atoms with van der Waals surface area (Å²) in [6.07, 6.45) is 4.43. The molecule has 0 amide bonds. The Morgan fingerprint density at radius 2 is 2.06 bits per heavy atom. The molecule has 3 saturated carbocycles. The van der Waals surface area contributed by atoms with Gasteiger partial charge < -0.3 is 0 Å². The number of nitrogens with zero attached hydrogens (tertiary/aromatic N) is 2. The van der Waals surface area contributed by atoms with Crippen LogP contribution < -0.4 is 0 Å². The summed E-state index contributed by atoms with van der Waals surface area (Å²) < 4.78 is 0. The van der Waals surface area contributed by atoms with Gasteiger partial charge in [0.05, 0.1) is 4.88 Å². The Morgan fingerprint density at radius 1 is 1.22 bits per heavy atom. The van der Waals surface area contributed by atoms with E-state index in [0.717, 1.165) is 35.3 Å². The van der Waals surface area contributed by atoms with Gasteiger partial charge in [-0.2, -0.15) is 5.10 Å². The van der Waals surface area contributed by atoms with E-state index in [1.807, 2.05) is 0 Å². The highest BCUT2D eigenvalue weighted by atomic mass is 32.1. The molecule has 2 aromatic heterocycles. The number of nitrogens with one attached hydrogen (secondary N) is 1. The van der Waals surface area contributed by atoms with Gasteiger partial charge in [0.15, 0.2) is 5.82 Å². The second kappa shape index (κ2) is 3.23. The molecule has 4 heteroatoms. The van der Waals surface area contributed by atoms with Gasteiger partial charge >= 0.3 is 0 Å². The van der Waals surface area contributed by atoms with Crippen LogP contribution in [0.1, 0.15) is 31.0 Å². The molecule has 2 bridgehead atoms. The van der Waals surface area contributed by atoms with Crippen molar-refractivity contribution >= 4 is 11.3 Å². The molecule has 2 heterocycles. The van der Waals surface area contributed by atoms with Crippen LogP contribution in [0.25, 0.3) is 10.7 Å². The number of rotatable bonds is 2. The molecule has 0 aromatic carbocycles. The van der Waals surface area contributed by atoms with E-state index in [1.54, 1.807) is 11.3 Å². The van der Waals surface area contributed by atoms with E-state index in [-0.39, 0.29) is 0 Å². The summed E-state index contributed by atoms with van der Waals surface area (Å²) >= 11 is 1.71. The summed E-state index contributed by atoms with van der Waals surface area (Å²) in [6.45, 7) is 0. The molecule has 0 radical (unpaired) electrons. The maximum Gasteiger partial charge on any atom is 0.191 e. The molecule has 92 valence electrons. The highest BCUT2D eigenvalue weighted by Gasteiger charge is 2.66. The van der Waals surface area contributed by atoms with Crippen LogP contribution in [-0.2, 0) is 0 Å². The second-order valence-corrected chi connectivity index (χ2v) is 6.98. The van der Waals surface area contributed by atoms with Gasteiger partial charge in [-0.25, -0.2) is 4.98 Å². The van der Waals surface area contributed by atoms with Crippen LogP contribution in [0.15, 0.2) is 17.5 Å². The van der Waals surface area contributed by atoms with Gasteiger partial charge in [-0.05, 0) is 54.4 Å². The lowest BCUT2D eigenvalue weighted by Gasteiger charge is -2.04. The zero-order chi connectivity index (χ0) is 11.7. The second-order valence-electron chi connectivity index (χ2n) is 6.04. The van der Waals surface area contributed by atoms with Crippen molar-refractivity contribution in [3.63, 3.8) is 0 Å². The van der Waals surface area contributed by atoms with Gasteiger partial charge in [0.1, 0.15) is 5.82 Å². The van der Waals surface area contributed by atoms with Crippen molar-refractivity contribution in [1.82, 2.24) is 15.2 Å². The number of H-pyrrole nitrogens is 1. The number of fused-ring (bicyclic) bond motifs is 5. The molecule has 18 heavy (non-hydrogen) atoms. The van der Waals surface area contributed by atoms with E-state index in [1.165, 1.54) is 24.1 Å². The standard InChI is InChI=1S/C14H15N3S/c1-2-9(18-5-1)13-15-14(17-16-13)12-10-7-3-4-8(6-7)11(10)12/h1-2,5,7-8,10-12H,3-4,6H2,(H,15,16,17). The lowest BCUT2D eigenvalue weighted by molar-refractivity contribution is 0.456. The van der Waals surface area contributed by atoms with Crippen LogP contribution >= 0.6 is 11.3 Å². The lowest BCUT2D eigenvalue weighted by atomic mass is 10.0. The molecule has 2 aromatic rings. The summed E-state index contributed by atoms with van der Waals surface area (Å²) in [5.41, 5.74) is 0. The van der Waals surface area contributed by atoms with Crippen LogP contribution in [0.5, 0.6) is 0 Å². The van der Waals surface area contributed by atoms with Crippen LogP contribution in [0.2, 0.25) is 0 Å². The van der Waals surface area contributed by atoms with E-state index in [2.05, 4.69) is 27.7 Å². The third kappa shape index (κ3) is 1.14. The number of aromatic amines is 1. The topological polar surface area (TPSA) is 41.6 Å². The molecule has 3 aliphatic rings. The van der Waals surface area contributed by atoms with Crippen molar-refractivity contribution in [2.24, 2.45) is 23.7 Å². The Morgan fingerprint density at radius 3 is 2.78 bits per heavy atom. The lowest BCUT2D eigenvalue weighted by Crippen LogP contribution is -1.98. The fraction of sp³-hybridized carbons (Fsp3) is 0.571. The average molecular weight is 257 g/mol. The molecular formula is C14H15N3S. The maximum absolute atomic E-state index is 4.74. The third-order valence-corrected chi connectivity index (χ3v) is 6.16. The van der Waals surface area contributed by atoms with E-state index in [9.17, 15) is 0 Å². The van der Waals surface area contributed by atoms with E-state index < -0.39 is 0 Å². The van der Waals surface area contributed by atoms with E-state index in [4.69, 9.17) is 4.98 Å². The van der Waals surface area contributed by atoms with Gasteiger partial charge in [-0.3, -0.25) is 5.10 Å². The van der Waals surface area contributed by atoms with Crippen molar-refractivity contribution in [2.75, 3.05) is 0 Å². The smallest absolute Gasteiger partial charge is 0.191 e. The zero-order valence-electron chi connectivity index (χ0n) is 10.0. The van der Waals surface area contributed by atoms with Gasteiger partial charge in [0, 0.05) is 5.92 Å². The zero-order valence-corrected chi connectivity index (χ0v) is 10.9. The predicted octanol–water partition coefficient (Wildman–Crippen LogP) is 3.29.